The van der Waals surface area contributed by atoms with Crippen molar-refractivity contribution in [2.24, 2.45) is 0 Å². The van der Waals surface area contributed by atoms with Crippen molar-refractivity contribution in [1.29, 1.82) is 0 Å². The van der Waals surface area contributed by atoms with Crippen LogP contribution in [0.1, 0.15) is 17.0 Å². The number of aliphatic hydroxyl groups is 1. The normalized spacial score (nSPS) is 11.2. The van der Waals surface area contributed by atoms with Gasteiger partial charge in [-0.2, -0.15) is 0 Å². The van der Waals surface area contributed by atoms with Crippen molar-refractivity contribution in [3.63, 3.8) is 0 Å². The van der Waals surface area contributed by atoms with Gasteiger partial charge >= 0.3 is 0 Å². The molecule has 160 valence electrons. The van der Waals surface area contributed by atoms with Gasteiger partial charge in [0, 0.05) is 18.2 Å². The Labute approximate surface area is 188 Å². The first kappa shape index (κ1) is 20.2. The van der Waals surface area contributed by atoms with Crippen LogP contribution in [0.5, 0.6) is 5.75 Å². The smallest absolute Gasteiger partial charge is 0.179 e. The molecule has 0 aliphatic heterocycles. The molecule has 2 heterocycles. The van der Waals surface area contributed by atoms with Crippen molar-refractivity contribution in [2.75, 3.05) is 0 Å². The van der Waals surface area contributed by atoms with E-state index in [1.54, 1.807) is 6.07 Å². The van der Waals surface area contributed by atoms with Crippen LogP contribution in [0.15, 0.2) is 66.7 Å². The lowest BCUT2D eigenvalue weighted by Gasteiger charge is -2.11. The van der Waals surface area contributed by atoms with Crippen molar-refractivity contribution in [3.05, 3.63) is 88.7 Å². The molecule has 9 heteroatoms. The second kappa shape index (κ2) is 8.78. The van der Waals surface area contributed by atoms with Crippen LogP contribution < -0.4 is 4.74 Å². The molecule has 0 saturated heterocycles. The fourth-order valence-electron chi connectivity index (χ4n) is 3.55. The molecular weight excluding hydrogens is 428 g/mol. The minimum atomic E-state index is -0.186. The van der Waals surface area contributed by atoms with Crippen LogP contribution >= 0.6 is 11.6 Å². The van der Waals surface area contributed by atoms with E-state index in [0.717, 1.165) is 22.2 Å². The van der Waals surface area contributed by atoms with E-state index in [4.69, 9.17) is 16.3 Å². The molecule has 5 aromatic rings. The first-order chi connectivity index (χ1) is 15.7. The van der Waals surface area contributed by atoms with Crippen molar-refractivity contribution >= 4 is 22.6 Å². The number of fused-ring (bicyclic) bond motifs is 1. The highest BCUT2D eigenvalue weighted by Crippen LogP contribution is 2.32. The second-order valence-electron chi connectivity index (χ2n) is 7.26. The van der Waals surface area contributed by atoms with Gasteiger partial charge in [0.25, 0.3) is 0 Å². The molecule has 0 atom stereocenters. The number of nitrogens with one attached hydrogen (secondary N) is 1. The molecule has 0 radical (unpaired) electrons. The number of imidazole rings is 1. The van der Waals surface area contributed by atoms with Crippen LogP contribution in [-0.4, -0.2) is 35.3 Å². The van der Waals surface area contributed by atoms with E-state index in [1.165, 1.54) is 0 Å². The first-order valence-corrected chi connectivity index (χ1v) is 10.4. The molecule has 0 saturated carbocycles. The summed E-state index contributed by atoms with van der Waals surface area (Å²) in [5, 5.41) is 24.2. The number of H-pyrrole nitrogens is 1. The highest BCUT2D eigenvalue weighted by atomic mass is 35.5. The number of rotatable bonds is 7. The Kier molecular flexibility index (Phi) is 5.53. The Morgan fingerprint density at radius 2 is 1.81 bits per heavy atom. The molecule has 0 unspecified atom stereocenters. The third-order valence-electron chi connectivity index (χ3n) is 5.17. The number of aromatic nitrogens is 6. The number of ether oxygens (including phenoxy) is 1. The molecular formula is C23H19ClN6O2. The number of aromatic amines is 1. The summed E-state index contributed by atoms with van der Waals surface area (Å²) >= 11 is 6.44. The lowest BCUT2D eigenvalue weighted by Crippen LogP contribution is -2.05. The Bertz CT molecular complexity index is 1330. The molecule has 8 nitrogen and oxygen atoms in total. The van der Waals surface area contributed by atoms with E-state index in [-0.39, 0.29) is 6.61 Å². The van der Waals surface area contributed by atoms with E-state index < -0.39 is 0 Å². The number of benzene rings is 3. The number of hydrogen-bond acceptors (Lipinski definition) is 6. The van der Waals surface area contributed by atoms with Gasteiger partial charge in [-0.25, -0.2) is 10.1 Å². The number of hydrogen-bond donors (Lipinski definition) is 2. The summed E-state index contributed by atoms with van der Waals surface area (Å²) in [6.07, 6.45) is 0. The monoisotopic (exact) mass is 446 g/mol. The van der Waals surface area contributed by atoms with Gasteiger partial charge in [-0.1, -0.05) is 66.2 Å². The van der Waals surface area contributed by atoms with Crippen LogP contribution in [-0.2, 0) is 19.8 Å². The number of aliphatic hydroxyl groups excluding tert-OH is 1. The van der Waals surface area contributed by atoms with Crippen LogP contribution in [0.2, 0.25) is 5.02 Å². The van der Waals surface area contributed by atoms with E-state index in [9.17, 15) is 5.11 Å². The minimum absolute atomic E-state index is 0.186. The molecule has 3 aromatic carbocycles. The van der Waals surface area contributed by atoms with Gasteiger partial charge in [0.2, 0.25) is 0 Å². The molecule has 0 fully saturated rings. The summed E-state index contributed by atoms with van der Waals surface area (Å²) in [4.78, 5) is 4.55. The average molecular weight is 447 g/mol. The fraction of sp³-hybridized carbons (Fsp3) is 0.130. The molecule has 0 aliphatic rings. The van der Waals surface area contributed by atoms with E-state index >= 15 is 0 Å². The van der Waals surface area contributed by atoms with Crippen LogP contribution in [0.3, 0.4) is 0 Å². The molecule has 5 rings (SSSR count). The van der Waals surface area contributed by atoms with Gasteiger partial charge in [-0.15, -0.1) is 5.10 Å². The second-order valence-corrected chi connectivity index (χ2v) is 7.67. The SMILES string of the molecule is OCc1nc2cc(Cl)c(OCc3ccccc3)cc2n1Cc1ccc(-c2nnn[nH]2)cc1. The Hall–Kier alpha value is -3.75. The number of tetrazole rings is 1. The van der Waals surface area contributed by atoms with Crippen molar-refractivity contribution < 1.29 is 9.84 Å². The maximum Gasteiger partial charge on any atom is 0.179 e. The van der Waals surface area contributed by atoms with Gasteiger partial charge in [-0.05, 0) is 27.6 Å². The number of nitrogens with zero attached hydrogens (tertiary/aromatic N) is 5. The van der Waals surface area contributed by atoms with Crippen molar-refractivity contribution in [2.45, 2.75) is 19.8 Å². The maximum atomic E-state index is 9.88. The summed E-state index contributed by atoms with van der Waals surface area (Å²) in [5.74, 6) is 1.73. The van der Waals surface area contributed by atoms with Gasteiger partial charge < -0.3 is 14.4 Å². The van der Waals surface area contributed by atoms with Gasteiger partial charge in [-0.3, -0.25) is 0 Å². The largest absolute Gasteiger partial charge is 0.487 e. The topological polar surface area (TPSA) is 102 Å². The summed E-state index contributed by atoms with van der Waals surface area (Å²) in [6.45, 7) is 0.750. The average Bonchev–Trinajstić information content (AvgIpc) is 3.47. The highest BCUT2D eigenvalue weighted by molar-refractivity contribution is 6.32. The van der Waals surface area contributed by atoms with Crippen LogP contribution in [0, 0.1) is 0 Å². The molecule has 0 amide bonds. The first-order valence-electron chi connectivity index (χ1n) is 10.0. The van der Waals surface area contributed by atoms with Crippen LogP contribution in [0.4, 0.5) is 0 Å². The standard InChI is InChI=1S/C23H19ClN6O2/c24-18-10-19-20(11-21(18)32-14-16-4-2-1-3-5-16)30(22(13-31)25-19)12-15-6-8-17(9-7-15)23-26-28-29-27-23/h1-11,31H,12-14H2,(H,26,27,28,29). The zero-order valence-corrected chi connectivity index (χ0v) is 17.7. The molecule has 0 bridgehead atoms. The quantitative estimate of drug-likeness (QED) is 0.392. The fourth-order valence-corrected chi connectivity index (χ4v) is 3.76. The zero-order valence-electron chi connectivity index (χ0n) is 16.9. The molecule has 32 heavy (non-hydrogen) atoms. The predicted octanol–water partition coefficient (Wildman–Crippen LogP) is 3.99. The zero-order chi connectivity index (χ0) is 21.9. The van der Waals surface area contributed by atoms with Crippen LogP contribution in [0.25, 0.3) is 22.4 Å². The van der Waals surface area contributed by atoms with E-state index in [0.29, 0.717) is 41.1 Å². The predicted molar refractivity (Wildman–Crippen MR) is 120 cm³/mol. The summed E-state index contributed by atoms with van der Waals surface area (Å²) in [5.41, 5.74) is 4.52. The Balaban J connectivity index is 1.45. The third-order valence-corrected chi connectivity index (χ3v) is 5.47. The molecule has 2 aromatic heterocycles. The Morgan fingerprint density at radius 3 is 2.53 bits per heavy atom. The molecule has 0 spiro atoms. The summed E-state index contributed by atoms with van der Waals surface area (Å²) < 4.78 is 7.94. The third kappa shape index (κ3) is 4.05. The van der Waals surface area contributed by atoms with E-state index in [2.05, 4.69) is 25.6 Å². The lowest BCUT2D eigenvalue weighted by molar-refractivity contribution is 0.267. The van der Waals surface area contributed by atoms with Crippen molar-refractivity contribution in [3.8, 4) is 17.1 Å². The molecule has 2 N–H and O–H groups in total. The summed E-state index contributed by atoms with van der Waals surface area (Å²) in [6, 6.07) is 21.4. The lowest BCUT2D eigenvalue weighted by atomic mass is 10.1. The van der Waals surface area contributed by atoms with Gasteiger partial charge in [0.15, 0.2) is 5.82 Å². The van der Waals surface area contributed by atoms with Gasteiger partial charge in [0.1, 0.15) is 24.8 Å². The van der Waals surface area contributed by atoms with E-state index in [1.807, 2.05) is 65.2 Å². The minimum Gasteiger partial charge on any atom is -0.487 e. The maximum absolute atomic E-state index is 9.88. The van der Waals surface area contributed by atoms with Crippen molar-refractivity contribution in [1.82, 2.24) is 30.2 Å². The highest BCUT2D eigenvalue weighted by Gasteiger charge is 2.15. The molecule has 0 aliphatic carbocycles. The summed E-state index contributed by atoms with van der Waals surface area (Å²) in [7, 11) is 0. The van der Waals surface area contributed by atoms with Gasteiger partial charge in [0.05, 0.1) is 16.1 Å². The number of halogens is 1. The Morgan fingerprint density at radius 1 is 1.00 bits per heavy atom.